The van der Waals surface area contributed by atoms with Crippen molar-refractivity contribution in [3.63, 3.8) is 0 Å². The molecular formula is C17H29NO. The average molecular weight is 263 g/mol. The number of benzene rings is 1. The zero-order chi connectivity index (χ0) is 14.8. The van der Waals surface area contributed by atoms with Crippen LogP contribution in [0.1, 0.15) is 57.4 Å². The van der Waals surface area contributed by atoms with Gasteiger partial charge < -0.3 is 10.4 Å². The molecule has 108 valence electrons. The van der Waals surface area contributed by atoms with Crippen molar-refractivity contribution in [2.45, 2.75) is 66.2 Å². The lowest BCUT2D eigenvalue weighted by atomic mass is 9.88. The minimum absolute atomic E-state index is 0.00544. The van der Waals surface area contributed by atoms with Gasteiger partial charge in [-0.05, 0) is 51.7 Å². The van der Waals surface area contributed by atoms with Crippen LogP contribution < -0.4 is 5.32 Å². The summed E-state index contributed by atoms with van der Waals surface area (Å²) < 4.78 is 0. The summed E-state index contributed by atoms with van der Waals surface area (Å²) in [6.07, 6.45) is -0.472. The summed E-state index contributed by atoms with van der Waals surface area (Å²) in [5.74, 6) is 0.370. The van der Waals surface area contributed by atoms with Crippen LogP contribution in [0.15, 0.2) is 18.2 Å². The Kier molecular flexibility index (Phi) is 5.17. The molecule has 1 aromatic rings. The molecule has 0 spiro atoms. The maximum absolute atomic E-state index is 10.7. The van der Waals surface area contributed by atoms with Gasteiger partial charge in [0.05, 0.1) is 6.10 Å². The molecule has 0 saturated heterocycles. The van der Waals surface area contributed by atoms with Gasteiger partial charge in [-0.15, -0.1) is 0 Å². The van der Waals surface area contributed by atoms with Crippen LogP contribution >= 0.6 is 0 Å². The third kappa shape index (κ3) is 4.63. The third-order valence-corrected chi connectivity index (χ3v) is 3.40. The van der Waals surface area contributed by atoms with E-state index in [9.17, 15) is 5.11 Å². The van der Waals surface area contributed by atoms with Crippen LogP contribution in [0.25, 0.3) is 0 Å². The van der Waals surface area contributed by atoms with Crippen molar-refractivity contribution in [3.05, 3.63) is 34.9 Å². The molecule has 0 bridgehead atoms. The molecule has 2 atom stereocenters. The molecular weight excluding hydrogens is 234 g/mol. The molecule has 0 saturated carbocycles. The summed E-state index contributed by atoms with van der Waals surface area (Å²) in [6.45, 7) is 14.9. The van der Waals surface area contributed by atoms with E-state index in [1.165, 1.54) is 5.56 Å². The van der Waals surface area contributed by atoms with Crippen molar-refractivity contribution in [1.82, 2.24) is 5.32 Å². The smallest absolute Gasteiger partial charge is 0.0948 e. The summed E-state index contributed by atoms with van der Waals surface area (Å²) in [4.78, 5) is 0. The molecule has 0 heterocycles. The van der Waals surface area contributed by atoms with Gasteiger partial charge in [0.25, 0.3) is 0 Å². The highest BCUT2D eigenvalue weighted by Crippen LogP contribution is 2.26. The second-order valence-electron chi connectivity index (χ2n) is 6.97. The third-order valence-electron chi connectivity index (χ3n) is 3.40. The average Bonchev–Trinajstić information content (AvgIpc) is 2.23. The van der Waals surface area contributed by atoms with Gasteiger partial charge >= 0.3 is 0 Å². The Labute approximate surface area is 118 Å². The van der Waals surface area contributed by atoms with Gasteiger partial charge in [-0.2, -0.15) is 0 Å². The van der Waals surface area contributed by atoms with Gasteiger partial charge in [0, 0.05) is 11.6 Å². The number of rotatable bonds is 4. The second-order valence-corrected chi connectivity index (χ2v) is 6.97. The Morgan fingerprint density at radius 1 is 1.11 bits per heavy atom. The van der Waals surface area contributed by atoms with Gasteiger partial charge in [0.1, 0.15) is 0 Å². The first-order valence-corrected chi connectivity index (χ1v) is 7.14. The highest BCUT2D eigenvalue weighted by molar-refractivity contribution is 5.32. The van der Waals surface area contributed by atoms with E-state index < -0.39 is 6.10 Å². The molecule has 1 rings (SSSR count). The summed E-state index contributed by atoms with van der Waals surface area (Å²) in [7, 11) is 0. The van der Waals surface area contributed by atoms with E-state index in [2.05, 4.69) is 72.0 Å². The first-order valence-electron chi connectivity index (χ1n) is 7.14. The normalized spacial score (nSPS) is 15.6. The fourth-order valence-electron chi connectivity index (χ4n) is 2.46. The zero-order valence-electron chi connectivity index (χ0n) is 13.4. The predicted octanol–water partition coefficient (Wildman–Crippen LogP) is 3.75. The van der Waals surface area contributed by atoms with E-state index in [0.29, 0.717) is 5.92 Å². The number of hydrogen-bond acceptors (Lipinski definition) is 2. The monoisotopic (exact) mass is 263 g/mol. The van der Waals surface area contributed by atoms with Crippen LogP contribution in [0.2, 0.25) is 0 Å². The minimum Gasteiger partial charge on any atom is -0.387 e. The molecule has 2 heteroatoms. The summed E-state index contributed by atoms with van der Waals surface area (Å²) in [6, 6.07) is 6.31. The van der Waals surface area contributed by atoms with Crippen molar-refractivity contribution in [2.24, 2.45) is 5.92 Å². The zero-order valence-corrected chi connectivity index (χ0v) is 13.4. The first-order chi connectivity index (χ1) is 8.61. The molecule has 0 aromatic heterocycles. The Morgan fingerprint density at radius 3 is 2.11 bits per heavy atom. The van der Waals surface area contributed by atoms with Crippen molar-refractivity contribution >= 4 is 0 Å². The highest BCUT2D eigenvalue weighted by atomic mass is 16.3. The van der Waals surface area contributed by atoms with E-state index in [1.807, 2.05) is 0 Å². The van der Waals surface area contributed by atoms with E-state index >= 15 is 0 Å². The SMILES string of the molecule is Cc1ccc(C(O)C(NC(C)(C)C)C(C)C)c(C)c1. The lowest BCUT2D eigenvalue weighted by molar-refractivity contribution is 0.0888. The van der Waals surface area contributed by atoms with Gasteiger partial charge in [-0.1, -0.05) is 37.6 Å². The van der Waals surface area contributed by atoms with Crippen LogP contribution in [0.5, 0.6) is 0 Å². The topological polar surface area (TPSA) is 32.3 Å². The van der Waals surface area contributed by atoms with Crippen LogP contribution in [0.3, 0.4) is 0 Å². The van der Waals surface area contributed by atoms with Crippen LogP contribution in [0, 0.1) is 19.8 Å². The predicted molar refractivity (Wildman–Crippen MR) is 82.4 cm³/mol. The lowest BCUT2D eigenvalue weighted by Gasteiger charge is -2.35. The molecule has 2 N–H and O–H groups in total. The van der Waals surface area contributed by atoms with Gasteiger partial charge in [0.2, 0.25) is 0 Å². The number of aryl methyl sites for hydroxylation is 2. The molecule has 1 aromatic carbocycles. The van der Waals surface area contributed by atoms with Crippen molar-refractivity contribution in [1.29, 1.82) is 0 Å². The Bertz CT molecular complexity index is 418. The summed E-state index contributed by atoms with van der Waals surface area (Å²) >= 11 is 0. The maximum Gasteiger partial charge on any atom is 0.0948 e. The molecule has 0 amide bonds. The fourth-order valence-corrected chi connectivity index (χ4v) is 2.46. The van der Waals surface area contributed by atoms with Gasteiger partial charge in [-0.25, -0.2) is 0 Å². The van der Waals surface area contributed by atoms with Crippen LogP contribution in [0.4, 0.5) is 0 Å². The first kappa shape index (κ1) is 16.2. The summed E-state index contributed by atoms with van der Waals surface area (Å²) in [5, 5.41) is 14.3. The number of aliphatic hydroxyl groups excluding tert-OH is 1. The standard InChI is InChI=1S/C17H29NO/c1-11(2)15(18-17(5,6)7)16(19)14-9-8-12(3)10-13(14)4/h8-11,15-16,18-19H,1-7H3. The van der Waals surface area contributed by atoms with Gasteiger partial charge in [0.15, 0.2) is 0 Å². The maximum atomic E-state index is 10.7. The number of aliphatic hydroxyl groups is 1. The van der Waals surface area contributed by atoms with Crippen LogP contribution in [-0.2, 0) is 0 Å². The Hall–Kier alpha value is -0.860. The molecule has 0 aliphatic rings. The minimum atomic E-state index is -0.472. The highest BCUT2D eigenvalue weighted by Gasteiger charge is 2.28. The molecule has 2 unspecified atom stereocenters. The van der Waals surface area contributed by atoms with E-state index in [0.717, 1.165) is 11.1 Å². The molecule has 19 heavy (non-hydrogen) atoms. The van der Waals surface area contributed by atoms with Crippen molar-refractivity contribution in [3.8, 4) is 0 Å². The van der Waals surface area contributed by atoms with E-state index in [-0.39, 0.29) is 11.6 Å². The van der Waals surface area contributed by atoms with Crippen molar-refractivity contribution in [2.75, 3.05) is 0 Å². The second kappa shape index (κ2) is 6.06. The van der Waals surface area contributed by atoms with E-state index in [4.69, 9.17) is 0 Å². The summed E-state index contributed by atoms with van der Waals surface area (Å²) in [5.41, 5.74) is 3.42. The van der Waals surface area contributed by atoms with Gasteiger partial charge in [-0.3, -0.25) is 0 Å². The molecule has 2 nitrogen and oxygen atoms in total. The largest absolute Gasteiger partial charge is 0.387 e. The Morgan fingerprint density at radius 2 is 1.68 bits per heavy atom. The molecule has 0 radical (unpaired) electrons. The molecule has 0 fully saturated rings. The van der Waals surface area contributed by atoms with Crippen LogP contribution in [-0.4, -0.2) is 16.7 Å². The quantitative estimate of drug-likeness (QED) is 0.867. The van der Waals surface area contributed by atoms with E-state index in [1.54, 1.807) is 0 Å². The van der Waals surface area contributed by atoms with Crippen molar-refractivity contribution < 1.29 is 5.11 Å². The Balaban J connectivity index is 3.02. The fraction of sp³-hybridized carbons (Fsp3) is 0.647. The number of nitrogens with one attached hydrogen (secondary N) is 1. The molecule has 0 aliphatic carbocycles. The molecule has 0 aliphatic heterocycles. The number of hydrogen-bond donors (Lipinski definition) is 2. The lowest BCUT2D eigenvalue weighted by Crippen LogP contribution is -2.49.